The summed E-state index contributed by atoms with van der Waals surface area (Å²) in [7, 11) is 0. The Kier molecular flexibility index (Phi) is 6.24. The lowest BCUT2D eigenvalue weighted by Gasteiger charge is -2.11. The van der Waals surface area contributed by atoms with Crippen molar-refractivity contribution in [2.75, 3.05) is 11.9 Å². The van der Waals surface area contributed by atoms with Gasteiger partial charge in [-0.25, -0.2) is 0 Å². The average Bonchev–Trinajstić information content (AvgIpc) is 2.40. The van der Waals surface area contributed by atoms with E-state index in [0.29, 0.717) is 11.0 Å². The van der Waals surface area contributed by atoms with Gasteiger partial charge in [-0.2, -0.15) is 0 Å². The number of pyridine rings is 1. The molecule has 5 nitrogen and oxygen atoms in total. The second-order valence-electron chi connectivity index (χ2n) is 4.26. The molecule has 6 heteroatoms. The van der Waals surface area contributed by atoms with Crippen LogP contribution in [0.3, 0.4) is 0 Å². The number of rotatable bonds is 6. The number of hydrogen-bond acceptors (Lipinski definition) is 3. The second kappa shape index (κ2) is 7.45. The fourth-order valence-electron chi connectivity index (χ4n) is 1.39. The molecule has 106 valence electrons. The molecule has 0 aliphatic carbocycles. The Morgan fingerprint density at radius 1 is 1.47 bits per heavy atom. The molecule has 1 rings (SSSR count). The van der Waals surface area contributed by atoms with E-state index >= 15 is 0 Å². The van der Waals surface area contributed by atoms with Gasteiger partial charge in [-0.1, -0.05) is 6.92 Å². The van der Waals surface area contributed by atoms with E-state index in [2.05, 4.69) is 21.2 Å². The second-order valence-corrected chi connectivity index (χ2v) is 5.11. The minimum atomic E-state index is -0.321. The van der Waals surface area contributed by atoms with Gasteiger partial charge in [0.2, 0.25) is 5.43 Å². The number of halogens is 1. The predicted molar refractivity (Wildman–Crippen MR) is 78.4 cm³/mol. The minimum absolute atomic E-state index is 0.0283. The van der Waals surface area contributed by atoms with Crippen LogP contribution in [0.25, 0.3) is 0 Å². The van der Waals surface area contributed by atoms with Gasteiger partial charge in [0.1, 0.15) is 12.3 Å². The SMILES string of the molecule is CC[C@H](C)OCC(=O)Nc1cn(CC)cc(Br)c1=O. The smallest absolute Gasteiger partial charge is 0.250 e. The molecule has 0 fully saturated rings. The van der Waals surface area contributed by atoms with Crippen molar-refractivity contribution in [3.8, 4) is 0 Å². The van der Waals surface area contributed by atoms with Crippen LogP contribution < -0.4 is 10.7 Å². The van der Waals surface area contributed by atoms with E-state index in [1.54, 1.807) is 12.4 Å². The maximum atomic E-state index is 11.9. The van der Waals surface area contributed by atoms with Crippen LogP contribution in [0.15, 0.2) is 21.7 Å². The number of hydrogen-bond donors (Lipinski definition) is 1. The molecule has 19 heavy (non-hydrogen) atoms. The number of nitrogens with zero attached hydrogens (tertiary/aromatic N) is 1. The van der Waals surface area contributed by atoms with E-state index in [1.165, 1.54) is 0 Å². The summed E-state index contributed by atoms with van der Waals surface area (Å²) in [5.41, 5.74) is 0.0237. The summed E-state index contributed by atoms with van der Waals surface area (Å²) >= 11 is 3.19. The number of carbonyl (C=O) groups is 1. The first-order valence-electron chi connectivity index (χ1n) is 6.28. The summed E-state index contributed by atoms with van der Waals surface area (Å²) in [6, 6.07) is 0. The summed E-state index contributed by atoms with van der Waals surface area (Å²) < 4.78 is 7.56. The van der Waals surface area contributed by atoms with Crippen LogP contribution in [0.2, 0.25) is 0 Å². The van der Waals surface area contributed by atoms with Crippen LogP contribution in [-0.2, 0) is 16.1 Å². The fourth-order valence-corrected chi connectivity index (χ4v) is 1.86. The number of nitrogens with one attached hydrogen (secondary N) is 1. The Hall–Kier alpha value is -1.14. The zero-order chi connectivity index (χ0) is 14.4. The van der Waals surface area contributed by atoms with E-state index in [4.69, 9.17) is 4.74 Å². The van der Waals surface area contributed by atoms with Gasteiger partial charge in [-0.05, 0) is 36.2 Å². The van der Waals surface area contributed by atoms with Crippen molar-refractivity contribution in [1.29, 1.82) is 0 Å². The molecule has 1 heterocycles. The number of ether oxygens (including phenoxy) is 1. The molecule has 1 amide bonds. The van der Waals surface area contributed by atoms with Gasteiger partial charge < -0.3 is 14.6 Å². The molecule has 0 unspecified atom stereocenters. The molecular formula is C13H19BrN2O3. The molecule has 0 aliphatic heterocycles. The maximum absolute atomic E-state index is 11.9. The molecule has 0 radical (unpaired) electrons. The fraction of sp³-hybridized carbons (Fsp3) is 0.538. The Labute approximate surface area is 121 Å². The first kappa shape index (κ1) is 15.9. The van der Waals surface area contributed by atoms with E-state index < -0.39 is 0 Å². The van der Waals surface area contributed by atoms with Gasteiger partial charge in [0.15, 0.2) is 0 Å². The zero-order valence-corrected chi connectivity index (χ0v) is 13.0. The van der Waals surface area contributed by atoms with Crippen LogP contribution in [0.5, 0.6) is 0 Å². The van der Waals surface area contributed by atoms with Crippen LogP contribution in [0, 0.1) is 0 Å². The highest BCUT2D eigenvalue weighted by Gasteiger charge is 2.10. The minimum Gasteiger partial charge on any atom is -0.369 e. The molecule has 0 aliphatic rings. The monoisotopic (exact) mass is 330 g/mol. The summed E-state index contributed by atoms with van der Waals surface area (Å²) in [5, 5.41) is 2.58. The first-order valence-corrected chi connectivity index (χ1v) is 7.08. The molecule has 0 aromatic carbocycles. The van der Waals surface area contributed by atoms with E-state index in [-0.39, 0.29) is 29.7 Å². The van der Waals surface area contributed by atoms with Crippen LogP contribution in [0.1, 0.15) is 27.2 Å². The lowest BCUT2D eigenvalue weighted by atomic mass is 10.3. The van der Waals surface area contributed by atoms with E-state index in [0.717, 1.165) is 6.42 Å². The third-order valence-corrected chi connectivity index (χ3v) is 3.31. The van der Waals surface area contributed by atoms with Crippen molar-refractivity contribution in [3.63, 3.8) is 0 Å². The summed E-state index contributed by atoms with van der Waals surface area (Å²) in [5.74, 6) is -0.321. The molecule has 0 spiro atoms. The topological polar surface area (TPSA) is 60.3 Å². The first-order chi connectivity index (χ1) is 8.97. The molecule has 0 saturated heterocycles. The van der Waals surface area contributed by atoms with Crippen molar-refractivity contribution < 1.29 is 9.53 Å². The highest BCUT2D eigenvalue weighted by molar-refractivity contribution is 9.10. The molecule has 0 saturated carbocycles. The van der Waals surface area contributed by atoms with Crippen molar-refractivity contribution in [2.45, 2.75) is 39.8 Å². The van der Waals surface area contributed by atoms with Crippen molar-refractivity contribution >= 4 is 27.5 Å². The molecule has 1 atom stereocenters. The number of carbonyl (C=O) groups excluding carboxylic acids is 1. The zero-order valence-electron chi connectivity index (χ0n) is 11.4. The standard InChI is InChI=1S/C13H19BrN2O3/c1-4-9(3)19-8-12(17)15-11-7-16(5-2)6-10(14)13(11)18/h6-7,9H,4-5,8H2,1-3H3,(H,15,17)/t9-/m0/s1. The lowest BCUT2D eigenvalue weighted by molar-refractivity contribution is -0.122. The van der Waals surface area contributed by atoms with Gasteiger partial charge in [0.05, 0.1) is 10.6 Å². The van der Waals surface area contributed by atoms with Gasteiger partial charge in [-0.3, -0.25) is 9.59 Å². The molecule has 1 aromatic heterocycles. The Morgan fingerprint density at radius 2 is 2.16 bits per heavy atom. The average molecular weight is 331 g/mol. The number of anilines is 1. The molecule has 1 aromatic rings. The Bertz CT molecular complexity index is 499. The number of amides is 1. The number of aryl methyl sites for hydroxylation is 1. The maximum Gasteiger partial charge on any atom is 0.250 e. The van der Waals surface area contributed by atoms with Gasteiger partial charge in [0, 0.05) is 18.9 Å². The quantitative estimate of drug-likeness (QED) is 0.871. The summed E-state index contributed by atoms with van der Waals surface area (Å²) in [6.45, 7) is 6.50. The molecule has 1 N–H and O–H groups in total. The predicted octanol–water partition coefficient (Wildman–Crippen LogP) is 2.38. The number of aromatic nitrogens is 1. The third-order valence-electron chi connectivity index (χ3n) is 2.75. The Morgan fingerprint density at radius 3 is 2.74 bits per heavy atom. The highest BCUT2D eigenvalue weighted by atomic mass is 79.9. The van der Waals surface area contributed by atoms with E-state index in [9.17, 15) is 9.59 Å². The van der Waals surface area contributed by atoms with Crippen LogP contribution in [-0.4, -0.2) is 23.2 Å². The van der Waals surface area contributed by atoms with Gasteiger partial charge >= 0.3 is 0 Å². The van der Waals surface area contributed by atoms with Crippen molar-refractivity contribution in [3.05, 3.63) is 27.1 Å². The summed E-state index contributed by atoms with van der Waals surface area (Å²) in [4.78, 5) is 23.5. The Balaban J connectivity index is 2.74. The molecular weight excluding hydrogens is 312 g/mol. The van der Waals surface area contributed by atoms with Crippen molar-refractivity contribution in [2.24, 2.45) is 0 Å². The lowest BCUT2D eigenvalue weighted by Crippen LogP contribution is -2.25. The van der Waals surface area contributed by atoms with Crippen LogP contribution in [0.4, 0.5) is 5.69 Å². The van der Waals surface area contributed by atoms with Crippen LogP contribution >= 0.6 is 15.9 Å². The van der Waals surface area contributed by atoms with Gasteiger partial charge in [-0.15, -0.1) is 0 Å². The third kappa shape index (κ3) is 4.80. The van der Waals surface area contributed by atoms with Gasteiger partial charge in [0.25, 0.3) is 5.91 Å². The normalized spacial score (nSPS) is 12.2. The van der Waals surface area contributed by atoms with Crippen molar-refractivity contribution in [1.82, 2.24) is 4.57 Å². The highest BCUT2D eigenvalue weighted by Crippen LogP contribution is 2.09. The summed E-state index contributed by atoms with van der Waals surface area (Å²) in [6.07, 6.45) is 4.18. The molecule has 0 bridgehead atoms. The van der Waals surface area contributed by atoms with E-state index in [1.807, 2.05) is 25.3 Å². The largest absolute Gasteiger partial charge is 0.369 e.